The number of amides is 1. The summed E-state index contributed by atoms with van der Waals surface area (Å²) in [7, 11) is 1.65. The average molecular weight is 239 g/mol. The van der Waals surface area contributed by atoms with Gasteiger partial charge in [0, 0.05) is 13.6 Å². The normalized spacial score (nSPS) is 12.0. The van der Waals surface area contributed by atoms with E-state index in [0.29, 0.717) is 18.8 Å². The molecule has 0 radical (unpaired) electrons. The second-order valence-electron chi connectivity index (χ2n) is 3.80. The van der Waals surface area contributed by atoms with Crippen molar-refractivity contribution in [1.29, 1.82) is 0 Å². The zero-order chi connectivity index (χ0) is 12.8. The van der Waals surface area contributed by atoms with Crippen molar-refractivity contribution in [3.8, 4) is 0 Å². The lowest BCUT2D eigenvalue weighted by molar-refractivity contribution is 0.0763. The van der Waals surface area contributed by atoms with Crippen LogP contribution in [0.4, 0.5) is 5.82 Å². The van der Waals surface area contributed by atoms with E-state index >= 15 is 0 Å². The number of nitrogens with one attached hydrogen (secondary N) is 1. The third-order valence-electron chi connectivity index (χ3n) is 2.25. The number of hydrazine groups is 1. The zero-order valence-corrected chi connectivity index (χ0v) is 9.92. The second kappa shape index (κ2) is 6.12. The summed E-state index contributed by atoms with van der Waals surface area (Å²) in [5.41, 5.74) is 2.58. The van der Waals surface area contributed by atoms with Gasteiger partial charge in [0.1, 0.15) is 5.69 Å². The smallest absolute Gasteiger partial charge is 0.273 e. The number of nitrogen functional groups attached to an aromatic ring is 1. The summed E-state index contributed by atoms with van der Waals surface area (Å²) in [5.74, 6) is 5.30. The average Bonchev–Trinajstić information content (AvgIpc) is 2.35. The van der Waals surface area contributed by atoms with Gasteiger partial charge >= 0.3 is 0 Å². The predicted molar refractivity (Wildman–Crippen MR) is 63.1 cm³/mol. The molecule has 0 aliphatic heterocycles. The van der Waals surface area contributed by atoms with E-state index in [9.17, 15) is 4.79 Å². The second-order valence-corrected chi connectivity index (χ2v) is 3.80. The van der Waals surface area contributed by atoms with Gasteiger partial charge in [-0.3, -0.25) is 4.79 Å². The van der Waals surface area contributed by atoms with E-state index in [1.807, 2.05) is 0 Å². The van der Waals surface area contributed by atoms with Crippen LogP contribution in [0.1, 0.15) is 23.8 Å². The molecule has 0 bridgehead atoms. The van der Waals surface area contributed by atoms with E-state index in [0.717, 1.165) is 0 Å². The summed E-state index contributed by atoms with van der Waals surface area (Å²) >= 11 is 0. The summed E-state index contributed by atoms with van der Waals surface area (Å²) in [5, 5.41) is 9.13. The molecule has 7 nitrogen and oxygen atoms in total. The Hall–Kier alpha value is -1.73. The van der Waals surface area contributed by atoms with Crippen LogP contribution in [0, 0.1) is 0 Å². The van der Waals surface area contributed by atoms with Gasteiger partial charge in [-0.1, -0.05) is 0 Å². The maximum absolute atomic E-state index is 11.8. The number of carbonyl (C=O) groups excluding carboxylic acids is 1. The van der Waals surface area contributed by atoms with Gasteiger partial charge in [-0.15, -0.1) is 0 Å². The molecule has 1 atom stereocenters. The molecule has 17 heavy (non-hydrogen) atoms. The fourth-order valence-corrected chi connectivity index (χ4v) is 1.19. The molecule has 94 valence electrons. The number of hydrogen-bond donors (Lipinski definition) is 3. The molecule has 0 aromatic carbocycles. The molecule has 1 rings (SSSR count). The first-order valence-corrected chi connectivity index (χ1v) is 5.26. The zero-order valence-electron chi connectivity index (χ0n) is 9.92. The van der Waals surface area contributed by atoms with Crippen molar-refractivity contribution in [2.24, 2.45) is 5.84 Å². The van der Waals surface area contributed by atoms with Crippen LogP contribution in [0.25, 0.3) is 0 Å². The predicted octanol–water partition coefficient (Wildman–Crippen LogP) is -0.395. The van der Waals surface area contributed by atoms with Crippen molar-refractivity contribution in [2.75, 3.05) is 19.0 Å². The highest BCUT2D eigenvalue weighted by molar-refractivity contribution is 5.91. The molecule has 0 fully saturated rings. The Bertz CT molecular complexity index is 365. The number of rotatable bonds is 5. The van der Waals surface area contributed by atoms with E-state index in [4.69, 9.17) is 10.9 Å². The quantitative estimate of drug-likeness (QED) is 0.477. The van der Waals surface area contributed by atoms with Gasteiger partial charge in [0.15, 0.2) is 5.82 Å². The Kier molecular flexibility index (Phi) is 4.80. The Labute approximate surface area is 99.6 Å². The highest BCUT2D eigenvalue weighted by Gasteiger charge is 2.13. The molecule has 1 unspecified atom stereocenters. The van der Waals surface area contributed by atoms with Crippen LogP contribution in [-0.2, 0) is 0 Å². The lowest BCUT2D eigenvalue weighted by Crippen LogP contribution is -2.30. The largest absolute Gasteiger partial charge is 0.393 e. The fourth-order valence-electron chi connectivity index (χ4n) is 1.19. The molecule has 4 N–H and O–H groups in total. The lowest BCUT2D eigenvalue weighted by Gasteiger charge is -2.17. The molecule has 0 saturated carbocycles. The minimum absolute atomic E-state index is 0.235. The first kappa shape index (κ1) is 13.3. The molecule has 1 aromatic rings. The molecular weight excluding hydrogens is 222 g/mol. The molecule has 1 heterocycles. The summed E-state index contributed by atoms with van der Waals surface area (Å²) < 4.78 is 0. The number of nitrogens with two attached hydrogens (primary N) is 1. The van der Waals surface area contributed by atoms with Crippen molar-refractivity contribution in [3.05, 3.63) is 18.1 Å². The summed E-state index contributed by atoms with van der Waals surface area (Å²) in [6, 6.07) is 0. The van der Waals surface area contributed by atoms with Crippen molar-refractivity contribution >= 4 is 11.7 Å². The Morgan fingerprint density at radius 1 is 1.59 bits per heavy atom. The molecule has 0 aliphatic carbocycles. The summed E-state index contributed by atoms with van der Waals surface area (Å²) in [4.78, 5) is 21.2. The number of aliphatic hydroxyl groups is 1. The van der Waals surface area contributed by atoms with Gasteiger partial charge in [0.2, 0.25) is 0 Å². The highest BCUT2D eigenvalue weighted by Crippen LogP contribution is 2.03. The van der Waals surface area contributed by atoms with E-state index in [-0.39, 0.29) is 11.6 Å². The third-order valence-corrected chi connectivity index (χ3v) is 2.25. The van der Waals surface area contributed by atoms with Crippen molar-refractivity contribution < 1.29 is 9.90 Å². The van der Waals surface area contributed by atoms with Gasteiger partial charge in [-0.25, -0.2) is 15.8 Å². The van der Waals surface area contributed by atoms with E-state index in [1.165, 1.54) is 17.3 Å². The number of carbonyl (C=O) groups is 1. The molecule has 0 aliphatic rings. The van der Waals surface area contributed by atoms with Gasteiger partial charge in [0.05, 0.1) is 18.5 Å². The minimum atomic E-state index is -0.430. The van der Waals surface area contributed by atoms with Gasteiger partial charge in [-0.2, -0.15) is 0 Å². The van der Waals surface area contributed by atoms with Crippen LogP contribution >= 0.6 is 0 Å². The number of hydrogen-bond acceptors (Lipinski definition) is 6. The van der Waals surface area contributed by atoms with Gasteiger partial charge in [-0.05, 0) is 13.3 Å². The van der Waals surface area contributed by atoms with Gasteiger partial charge < -0.3 is 15.4 Å². The molecule has 1 amide bonds. The van der Waals surface area contributed by atoms with Crippen LogP contribution in [0.3, 0.4) is 0 Å². The van der Waals surface area contributed by atoms with Crippen LogP contribution in [0.15, 0.2) is 12.4 Å². The number of aromatic nitrogens is 2. The fraction of sp³-hybridized carbons (Fsp3) is 0.500. The Morgan fingerprint density at radius 2 is 2.29 bits per heavy atom. The number of aliphatic hydroxyl groups excluding tert-OH is 1. The third kappa shape index (κ3) is 3.97. The van der Waals surface area contributed by atoms with E-state index in [1.54, 1.807) is 14.0 Å². The monoisotopic (exact) mass is 239 g/mol. The Morgan fingerprint density at radius 3 is 2.76 bits per heavy atom. The van der Waals surface area contributed by atoms with E-state index in [2.05, 4.69) is 15.4 Å². The maximum Gasteiger partial charge on any atom is 0.273 e. The van der Waals surface area contributed by atoms with Crippen molar-refractivity contribution in [1.82, 2.24) is 14.9 Å². The molecular formula is C10H17N5O2. The first-order valence-electron chi connectivity index (χ1n) is 5.26. The first-order chi connectivity index (χ1) is 8.04. The summed E-state index contributed by atoms with van der Waals surface area (Å²) in [6.45, 7) is 2.15. The molecule has 7 heteroatoms. The number of anilines is 1. The Balaban J connectivity index is 2.61. The topological polar surface area (TPSA) is 104 Å². The minimum Gasteiger partial charge on any atom is -0.393 e. The van der Waals surface area contributed by atoms with Gasteiger partial charge in [0.25, 0.3) is 5.91 Å². The van der Waals surface area contributed by atoms with E-state index < -0.39 is 6.10 Å². The lowest BCUT2D eigenvalue weighted by atomic mass is 10.2. The highest BCUT2D eigenvalue weighted by atomic mass is 16.3. The number of nitrogens with zero attached hydrogens (tertiary/aromatic N) is 3. The molecule has 0 saturated heterocycles. The van der Waals surface area contributed by atoms with Crippen LogP contribution < -0.4 is 11.3 Å². The van der Waals surface area contributed by atoms with Crippen LogP contribution in [-0.4, -0.2) is 45.6 Å². The van der Waals surface area contributed by atoms with Crippen molar-refractivity contribution in [3.63, 3.8) is 0 Å². The van der Waals surface area contributed by atoms with Crippen molar-refractivity contribution in [2.45, 2.75) is 19.4 Å². The molecule has 0 spiro atoms. The van der Waals surface area contributed by atoms with Crippen LogP contribution in [0.5, 0.6) is 0 Å². The SMILES string of the molecule is CC(O)CCN(C)C(=O)c1cnc(NN)cn1. The maximum atomic E-state index is 11.8. The standard InChI is InChI=1S/C10H17N5O2/c1-7(16)3-4-15(2)10(17)8-5-13-9(14-11)6-12-8/h5-7,16H,3-4,11H2,1-2H3,(H,13,14). The molecule has 1 aromatic heterocycles. The summed E-state index contributed by atoms with van der Waals surface area (Å²) in [6.07, 6.45) is 2.84. The van der Waals surface area contributed by atoms with Crippen LogP contribution in [0.2, 0.25) is 0 Å².